The lowest BCUT2D eigenvalue weighted by molar-refractivity contribution is -0.137. The average Bonchev–Trinajstić information content (AvgIpc) is 2.71. The van der Waals surface area contributed by atoms with E-state index in [4.69, 9.17) is 27.1 Å². The molecule has 2 rings (SSSR count). The minimum Gasteiger partial charge on any atom is -0.507 e. The van der Waals surface area contributed by atoms with Crippen LogP contribution < -0.4 is 5.73 Å². The maximum atomic E-state index is 13.0. The summed E-state index contributed by atoms with van der Waals surface area (Å²) < 4.78 is 54.6. The maximum absolute atomic E-state index is 13.0. The third-order valence-electron chi connectivity index (χ3n) is 4.98. The van der Waals surface area contributed by atoms with Crippen LogP contribution in [0.5, 0.6) is 5.75 Å². The fourth-order valence-corrected chi connectivity index (χ4v) is 4.78. The highest BCUT2D eigenvalue weighted by Crippen LogP contribution is 2.41. The Labute approximate surface area is 199 Å². The van der Waals surface area contributed by atoms with E-state index in [1.54, 1.807) is 18.2 Å². The van der Waals surface area contributed by atoms with Gasteiger partial charge in [-0.05, 0) is 55.2 Å². The number of hydrogen-bond acceptors (Lipinski definition) is 5. The molecule has 0 aliphatic rings. The number of benzene rings is 2. The van der Waals surface area contributed by atoms with Gasteiger partial charge in [-0.3, -0.25) is 4.52 Å². The summed E-state index contributed by atoms with van der Waals surface area (Å²) in [4.78, 5) is 18.6. The van der Waals surface area contributed by atoms with E-state index >= 15 is 0 Å². The second-order valence-corrected chi connectivity index (χ2v) is 10.5. The fourth-order valence-electron chi connectivity index (χ4n) is 3.09. The molecule has 6 nitrogen and oxygen atoms in total. The average molecular weight is 528 g/mol. The highest BCUT2D eigenvalue weighted by molar-refractivity contribution is 7.99. The number of nitrogens with two attached hydrogens (primary N) is 1. The van der Waals surface area contributed by atoms with Gasteiger partial charge in [-0.2, -0.15) is 13.2 Å². The van der Waals surface area contributed by atoms with E-state index in [0.29, 0.717) is 29.2 Å². The molecule has 0 radical (unpaired) electrons. The Morgan fingerprint density at radius 2 is 1.85 bits per heavy atom. The summed E-state index contributed by atoms with van der Waals surface area (Å²) in [6.45, 7) is 1.66. The van der Waals surface area contributed by atoms with Gasteiger partial charge in [-0.25, -0.2) is 4.57 Å². The zero-order valence-electron chi connectivity index (χ0n) is 17.8. The normalized spacial score (nSPS) is 14.3. The Morgan fingerprint density at radius 1 is 1.15 bits per heavy atom. The van der Waals surface area contributed by atoms with E-state index in [1.165, 1.54) is 0 Å². The van der Waals surface area contributed by atoms with Gasteiger partial charge in [0.1, 0.15) is 5.75 Å². The van der Waals surface area contributed by atoms with Crippen molar-refractivity contribution in [1.82, 2.24) is 0 Å². The number of alkyl halides is 3. The number of phosphoric ester groups is 1. The molecule has 1 atom stereocenters. The zero-order valence-corrected chi connectivity index (χ0v) is 20.3. The molecule has 0 saturated carbocycles. The second-order valence-electron chi connectivity index (χ2n) is 7.77. The number of phenols is 1. The predicted molar refractivity (Wildman–Crippen MR) is 121 cm³/mol. The number of phosphoric acid groups is 1. The summed E-state index contributed by atoms with van der Waals surface area (Å²) in [6.07, 6.45) is -1.66. The van der Waals surface area contributed by atoms with Gasteiger partial charge in [-0.1, -0.05) is 49.2 Å². The first-order valence-electron chi connectivity index (χ1n) is 10.1. The number of unbranched alkanes of at least 4 members (excludes halogenated alkanes) is 1. The van der Waals surface area contributed by atoms with Gasteiger partial charge in [0.05, 0.1) is 17.1 Å². The lowest BCUT2D eigenvalue weighted by atomic mass is 9.88. The number of aromatic hydroxyl groups is 1. The van der Waals surface area contributed by atoms with E-state index in [1.807, 2.05) is 6.92 Å². The summed E-state index contributed by atoms with van der Waals surface area (Å²) in [5, 5.41) is 10.3. The van der Waals surface area contributed by atoms with Gasteiger partial charge in [0.2, 0.25) is 0 Å². The topological polar surface area (TPSA) is 113 Å². The van der Waals surface area contributed by atoms with Crippen molar-refractivity contribution < 1.29 is 37.2 Å². The molecule has 0 saturated heterocycles. The van der Waals surface area contributed by atoms with Crippen LogP contribution in [0.3, 0.4) is 0 Å². The smallest absolute Gasteiger partial charge is 0.469 e. The highest BCUT2D eigenvalue weighted by Gasteiger charge is 2.31. The standard InChI is InChI=1S/C21H26ClF3NO5PS/c1-2-3-9-20(26,13-31-32(28,29)30)10-8-14-4-6-16(12-17(14)22)33-19-11-15(21(23,24)25)5-7-18(19)27/h4-7,11-12,27H,2-3,8-10,13,26H2,1H3,(H2,28,29,30)/t20-/m0/s1. The van der Waals surface area contributed by atoms with Crippen LogP contribution in [0.2, 0.25) is 5.02 Å². The molecule has 5 N–H and O–H groups in total. The predicted octanol–water partition coefficient (Wildman–Crippen LogP) is 6.15. The van der Waals surface area contributed by atoms with Gasteiger partial charge < -0.3 is 20.6 Å². The van der Waals surface area contributed by atoms with Crippen molar-refractivity contribution in [3.63, 3.8) is 0 Å². The van der Waals surface area contributed by atoms with Crippen LogP contribution in [0.15, 0.2) is 46.2 Å². The number of rotatable bonds is 11. The third-order valence-corrected chi connectivity index (χ3v) is 6.83. The largest absolute Gasteiger partial charge is 0.507 e. The Balaban J connectivity index is 2.13. The lowest BCUT2D eigenvalue weighted by Crippen LogP contribution is -2.44. The summed E-state index contributed by atoms with van der Waals surface area (Å²) in [7, 11) is -4.66. The molecule has 0 amide bonds. The molecular weight excluding hydrogens is 502 g/mol. The number of phenolic OH excluding ortho intramolecular Hbond substituents is 1. The number of hydrogen-bond donors (Lipinski definition) is 4. The van der Waals surface area contributed by atoms with Crippen LogP contribution in [0.1, 0.15) is 43.7 Å². The van der Waals surface area contributed by atoms with E-state index in [-0.39, 0.29) is 17.3 Å². The van der Waals surface area contributed by atoms with E-state index in [9.17, 15) is 22.8 Å². The van der Waals surface area contributed by atoms with Crippen molar-refractivity contribution in [2.24, 2.45) is 5.73 Å². The highest BCUT2D eigenvalue weighted by atomic mass is 35.5. The van der Waals surface area contributed by atoms with Crippen LogP contribution in [0.4, 0.5) is 13.2 Å². The number of halogens is 4. The molecule has 0 bridgehead atoms. The van der Waals surface area contributed by atoms with Gasteiger partial charge in [-0.15, -0.1) is 0 Å². The minimum atomic E-state index is -4.66. The summed E-state index contributed by atoms with van der Waals surface area (Å²) in [5.41, 5.74) is 5.24. The first kappa shape index (κ1) is 28.0. The van der Waals surface area contributed by atoms with Crippen LogP contribution in [-0.2, 0) is 21.7 Å². The monoisotopic (exact) mass is 527 g/mol. The lowest BCUT2D eigenvalue weighted by Gasteiger charge is -2.29. The van der Waals surface area contributed by atoms with Crippen molar-refractivity contribution in [3.05, 3.63) is 52.5 Å². The van der Waals surface area contributed by atoms with Crippen molar-refractivity contribution in [3.8, 4) is 5.75 Å². The van der Waals surface area contributed by atoms with Crippen LogP contribution >= 0.6 is 31.2 Å². The Bertz CT molecular complexity index is 1000. The van der Waals surface area contributed by atoms with Crippen molar-refractivity contribution >= 4 is 31.2 Å². The molecule has 0 fully saturated rings. The first-order chi connectivity index (χ1) is 15.2. The number of aryl methyl sites for hydroxylation is 1. The molecular formula is C21H26ClF3NO5PS. The van der Waals surface area contributed by atoms with Gasteiger partial charge in [0, 0.05) is 15.5 Å². The molecule has 2 aromatic carbocycles. The minimum absolute atomic E-state index is 0.0452. The van der Waals surface area contributed by atoms with E-state index in [2.05, 4.69) is 4.52 Å². The fraction of sp³-hybridized carbons (Fsp3) is 0.429. The maximum Gasteiger partial charge on any atom is 0.469 e. The first-order valence-corrected chi connectivity index (χ1v) is 12.8. The molecule has 0 aliphatic carbocycles. The molecule has 0 spiro atoms. The molecule has 0 unspecified atom stereocenters. The Kier molecular flexibility index (Phi) is 9.70. The molecule has 2 aromatic rings. The van der Waals surface area contributed by atoms with E-state index in [0.717, 1.165) is 48.4 Å². The quantitative estimate of drug-likeness (QED) is 0.259. The van der Waals surface area contributed by atoms with Gasteiger partial charge in [0.25, 0.3) is 0 Å². The van der Waals surface area contributed by atoms with Crippen molar-refractivity contribution in [1.29, 1.82) is 0 Å². The molecule has 0 aromatic heterocycles. The Hall–Kier alpha value is -1.26. The molecule has 0 aliphatic heterocycles. The third kappa shape index (κ3) is 9.13. The van der Waals surface area contributed by atoms with Crippen LogP contribution in [0.25, 0.3) is 0 Å². The van der Waals surface area contributed by atoms with Crippen molar-refractivity contribution in [2.45, 2.75) is 60.5 Å². The molecule has 0 heterocycles. The summed E-state index contributed by atoms with van der Waals surface area (Å²) in [6, 6.07) is 7.64. The second kappa shape index (κ2) is 11.4. The SMILES string of the molecule is CCCC[C@](N)(CCc1ccc(Sc2cc(C(F)(F)F)ccc2O)cc1Cl)COP(=O)(O)O. The van der Waals surface area contributed by atoms with Gasteiger partial charge in [0.15, 0.2) is 0 Å². The van der Waals surface area contributed by atoms with E-state index < -0.39 is 25.1 Å². The van der Waals surface area contributed by atoms with Crippen molar-refractivity contribution in [2.75, 3.05) is 6.61 Å². The summed E-state index contributed by atoms with van der Waals surface area (Å²) >= 11 is 7.32. The van der Waals surface area contributed by atoms with Gasteiger partial charge >= 0.3 is 14.0 Å². The molecule has 12 heteroatoms. The molecule has 184 valence electrons. The van der Waals surface area contributed by atoms with Crippen LogP contribution in [0, 0.1) is 0 Å². The zero-order chi connectivity index (χ0) is 24.9. The molecule has 33 heavy (non-hydrogen) atoms. The Morgan fingerprint density at radius 3 is 2.42 bits per heavy atom. The van der Waals surface area contributed by atoms with Crippen LogP contribution in [-0.4, -0.2) is 27.0 Å². The summed E-state index contributed by atoms with van der Waals surface area (Å²) in [5.74, 6) is -0.276.